The van der Waals surface area contributed by atoms with Crippen molar-refractivity contribution in [2.24, 2.45) is 29.1 Å². The largest absolute Gasteiger partial charge is 0.393 e. The minimum absolute atomic E-state index is 0.180. The van der Waals surface area contributed by atoms with Gasteiger partial charge in [0.05, 0.1) is 18.3 Å². The molecule has 0 aromatic heterocycles. The van der Waals surface area contributed by atoms with Crippen LogP contribution < -0.4 is 0 Å². The molecule has 0 bridgehead atoms. The number of fused-ring (bicyclic) bond motifs is 1. The maximum Gasteiger partial charge on any atom is 0.0811 e. The van der Waals surface area contributed by atoms with Crippen LogP contribution in [-0.4, -0.2) is 33.6 Å². The van der Waals surface area contributed by atoms with Gasteiger partial charge in [-0.1, -0.05) is 52.0 Å². The van der Waals surface area contributed by atoms with E-state index in [0.717, 1.165) is 36.3 Å². The fraction of sp³-hybridized carbons (Fsp3) is 0.778. The monoisotopic (exact) mass is 416 g/mol. The highest BCUT2D eigenvalue weighted by Crippen LogP contribution is 2.60. The highest BCUT2D eigenvalue weighted by molar-refractivity contribution is 5.38. The van der Waals surface area contributed by atoms with Gasteiger partial charge in [-0.05, 0) is 91.6 Å². The summed E-state index contributed by atoms with van der Waals surface area (Å²) in [4.78, 5) is 0. The second-order valence-electron chi connectivity index (χ2n) is 11.0. The van der Waals surface area contributed by atoms with Gasteiger partial charge < -0.3 is 15.3 Å². The summed E-state index contributed by atoms with van der Waals surface area (Å²) in [5.41, 5.74) is 3.69. The molecule has 0 heterocycles. The molecule has 3 aliphatic carbocycles. The van der Waals surface area contributed by atoms with Crippen LogP contribution in [-0.2, 0) is 0 Å². The van der Waals surface area contributed by atoms with Gasteiger partial charge in [-0.15, -0.1) is 0 Å². The Kier molecular flexibility index (Phi) is 7.69. The zero-order valence-electron chi connectivity index (χ0n) is 19.6. The molecule has 0 saturated heterocycles. The molecule has 3 nitrogen and oxygen atoms in total. The molecule has 3 N–H and O–H groups in total. The van der Waals surface area contributed by atoms with Crippen molar-refractivity contribution < 1.29 is 15.3 Å². The Balaban J connectivity index is 1.72. The molecule has 0 aliphatic heterocycles. The molecule has 3 heteroatoms. The molecule has 0 aromatic carbocycles. The molecule has 0 aromatic rings. The summed E-state index contributed by atoms with van der Waals surface area (Å²) in [6.07, 6.45) is 12.4. The van der Waals surface area contributed by atoms with Gasteiger partial charge in [0.1, 0.15) is 0 Å². The smallest absolute Gasteiger partial charge is 0.0811 e. The van der Waals surface area contributed by atoms with Crippen molar-refractivity contribution in [2.75, 3.05) is 0 Å². The quantitative estimate of drug-likeness (QED) is 0.531. The third kappa shape index (κ3) is 4.95. The zero-order chi connectivity index (χ0) is 22.1. The van der Waals surface area contributed by atoms with E-state index in [1.807, 2.05) is 0 Å². The van der Waals surface area contributed by atoms with Crippen LogP contribution in [0.1, 0.15) is 85.5 Å². The third-order valence-corrected chi connectivity index (χ3v) is 8.68. The standard InChI is InChI=1S/C27H44O3/c1-17(2)25(29)13-8-18(3)23-11-12-24-20(7-6-14-27(23,24)5)9-10-21-15-22(28)16-26(30)19(21)4/h9-10,17-18,22-26,28-30H,4,6-8,11-16H2,1-3,5H3/b20-9+,21-10+/t18-,22-,23-,24+,25?,26+,27+/m1/s1. The molecule has 3 rings (SSSR count). The molecule has 0 amide bonds. The van der Waals surface area contributed by atoms with Crippen molar-refractivity contribution in [3.63, 3.8) is 0 Å². The molecule has 170 valence electrons. The van der Waals surface area contributed by atoms with Crippen LogP contribution in [0, 0.1) is 29.1 Å². The predicted molar refractivity (Wildman–Crippen MR) is 124 cm³/mol. The third-order valence-electron chi connectivity index (χ3n) is 8.68. The van der Waals surface area contributed by atoms with Gasteiger partial charge in [0.25, 0.3) is 0 Å². The van der Waals surface area contributed by atoms with Crippen molar-refractivity contribution in [1.82, 2.24) is 0 Å². The van der Waals surface area contributed by atoms with E-state index in [-0.39, 0.29) is 6.10 Å². The molecule has 3 fully saturated rings. The average Bonchev–Trinajstić information content (AvgIpc) is 3.04. The van der Waals surface area contributed by atoms with Crippen LogP contribution in [0.3, 0.4) is 0 Å². The Hall–Kier alpha value is -0.900. The number of allylic oxidation sites excluding steroid dienone is 3. The van der Waals surface area contributed by atoms with Crippen molar-refractivity contribution >= 4 is 0 Å². The molecule has 0 radical (unpaired) electrons. The van der Waals surface area contributed by atoms with E-state index >= 15 is 0 Å². The van der Waals surface area contributed by atoms with Crippen molar-refractivity contribution in [3.8, 4) is 0 Å². The highest BCUT2D eigenvalue weighted by atomic mass is 16.3. The van der Waals surface area contributed by atoms with Crippen LogP contribution in [0.25, 0.3) is 0 Å². The Morgan fingerprint density at radius 1 is 1.13 bits per heavy atom. The number of hydrogen-bond donors (Lipinski definition) is 3. The second kappa shape index (κ2) is 9.71. The summed E-state index contributed by atoms with van der Waals surface area (Å²) in [5, 5.41) is 30.4. The first-order chi connectivity index (χ1) is 14.1. The number of aliphatic hydroxyl groups excluding tert-OH is 3. The van der Waals surface area contributed by atoms with Gasteiger partial charge in [0.2, 0.25) is 0 Å². The van der Waals surface area contributed by atoms with E-state index in [1.54, 1.807) is 5.57 Å². The van der Waals surface area contributed by atoms with Crippen LogP contribution in [0.5, 0.6) is 0 Å². The van der Waals surface area contributed by atoms with E-state index in [1.165, 1.54) is 25.7 Å². The van der Waals surface area contributed by atoms with Crippen LogP contribution in [0.4, 0.5) is 0 Å². The number of hydrogen-bond acceptors (Lipinski definition) is 3. The Bertz CT molecular complexity index is 676. The van der Waals surface area contributed by atoms with E-state index < -0.39 is 12.2 Å². The maximum atomic E-state index is 10.3. The van der Waals surface area contributed by atoms with Crippen molar-refractivity contribution in [1.29, 1.82) is 0 Å². The normalized spacial score (nSPS) is 39.5. The zero-order valence-corrected chi connectivity index (χ0v) is 19.6. The fourth-order valence-corrected chi connectivity index (χ4v) is 6.65. The van der Waals surface area contributed by atoms with Gasteiger partial charge in [-0.25, -0.2) is 0 Å². The van der Waals surface area contributed by atoms with Gasteiger partial charge >= 0.3 is 0 Å². The highest BCUT2D eigenvalue weighted by Gasteiger charge is 2.50. The minimum Gasteiger partial charge on any atom is -0.393 e. The molecule has 1 unspecified atom stereocenters. The topological polar surface area (TPSA) is 60.7 Å². The lowest BCUT2D eigenvalue weighted by molar-refractivity contribution is 0.0717. The van der Waals surface area contributed by atoms with Crippen LogP contribution >= 0.6 is 0 Å². The minimum atomic E-state index is -0.618. The fourth-order valence-electron chi connectivity index (χ4n) is 6.65. The molecule has 30 heavy (non-hydrogen) atoms. The van der Waals surface area contributed by atoms with Crippen molar-refractivity contribution in [2.45, 2.75) is 104 Å². The van der Waals surface area contributed by atoms with Crippen LogP contribution in [0.15, 0.2) is 35.5 Å². The Morgan fingerprint density at radius 2 is 1.87 bits per heavy atom. The van der Waals surface area contributed by atoms with E-state index in [4.69, 9.17) is 0 Å². The lowest BCUT2D eigenvalue weighted by atomic mass is 9.60. The summed E-state index contributed by atoms with van der Waals surface area (Å²) in [7, 11) is 0. The Labute approximate surface area is 184 Å². The number of aliphatic hydroxyl groups is 3. The summed E-state index contributed by atoms with van der Waals surface area (Å²) >= 11 is 0. The van der Waals surface area contributed by atoms with Gasteiger partial charge in [0.15, 0.2) is 0 Å². The van der Waals surface area contributed by atoms with Gasteiger partial charge in [0, 0.05) is 6.42 Å². The first-order valence-corrected chi connectivity index (χ1v) is 12.3. The number of rotatable bonds is 6. The molecule has 3 aliphatic rings. The first-order valence-electron chi connectivity index (χ1n) is 12.3. The lowest BCUT2D eigenvalue weighted by Crippen LogP contribution is -2.36. The van der Waals surface area contributed by atoms with E-state index in [2.05, 4.69) is 46.4 Å². The summed E-state index contributed by atoms with van der Waals surface area (Å²) in [6.45, 7) is 13.2. The second-order valence-corrected chi connectivity index (χ2v) is 11.0. The SMILES string of the molecule is C=C1/C(=C/C=C2\CCC[C@@]3(C)[C@@H]([C@H](C)CCC(O)C(C)C)CC[C@@H]23)C[C@@H](O)C[C@@H]1O. The predicted octanol–water partition coefficient (Wildman–Crippen LogP) is 5.56. The Morgan fingerprint density at radius 3 is 2.57 bits per heavy atom. The molecular weight excluding hydrogens is 372 g/mol. The van der Waals surface area contributed by atoms with Crippen molar-refractivity contribution in [3.05, 3.63) is 35.5 Å². The van der Waals surface area contributed by atoms with Gasteiger partial charge in [-0.2, -0.15) is 0 Å². The molecular formula is C27H44O3. The average molecular weight is 417 g/mol. The maximum absolute atomic E-state index is 10.3. The molecule has 7 atom stereocenters. The lowest BCUT2D eigenvalue weighted by Gasteiger charge is -2.44. The van der Waals surface area contributed by atoms with E-state index in [9.17, 15) is 15.3 Å². The molecule has 3 saturated carbocycles. The van der Waals surface area contributed by atoms with E-state index in [0.29, 0.717) is 36.0 Å². The first kappa shape index (κ1) is 23.8. The van der Waals surface area contributed by atoms with Crippen LogP contribution in [0.2, 0.25) is 0 Å². The van der Waals surface area contributed by atoms with Gasteiger partial charge in [-0.3, -0.25) is 0 Å². The summed E-state index contributed by atoms with van der Waals surface area (Å²) < 4.78 is 0. The molecule has 0 spiro atoms. The summed E-state index contributed by atoms with van der Waals surface area (Å²) in [5.74, 6) is 2.35. The summed E-state index contributed by atoms with van der Waals surface area (Å²) in [6, 6.07) is 0.